The number of isocyanates is 2. The number of hydrogen-bond donors (Lipinski definition) is 3. The molecule has 2 aromatic carbocycles. The third-order valence-electron chi connectivity index (χ3n) is 4.75. The molecule has 0 radical (unpaired) electrons. The summed E-state index contributed by atoms with van der Waals surface area (Å²) in [6.45, 7) is 7.05. The number of carbonyl (C=O) groups excluding carboxylic acids is 6. The predicted octanol–water partition coefficient (Wildman–Crippen LogP) is 3.87. The molecule has 0 fully saturated rings. The van der Waals surface area contributed by atoms with E-state index in [1.165, 1.54) is 32.2 Å². The van der Waals surface area contributed by atoms with Gasteiger partial charge in [-0.05, 0) is 49.2 Å². The number of hydrogen-bond acceptors (Lipinski definition) is 12. The van der Waals surface area contributed by atoms with E-state index in [1.807, 2.05) is 25.1 Å². The van der Waals surface area contributed by atoms with Gasteiger partial charge in [-0.3, -0.25) is 0 Å². The summed E-state index contributed by atoms with van der Waals surface area (Å²) in [5, 5.41) is 2.50. The highest BCUT2D eigenvalue weighted by molar-refractivity contribution is 5.90. The van der Waals surface area contributed by atoms with Gasteiger partial charge in [-0.1, -0.05) is 39.6 Å². The molecule has 13 nitrogen and oxygen atoms in total. The Labute approximate surface area is 257 Å². The van der Waals surface area contributed by atoms with E-state index in [0.29, 0.717) is 28.8 Å². The molecular weight excluding hydrogens is 570 g/mol. The van der Waals surface area contributed by atoms with Crippen LogP contribution in [0.5, 0.6) is 0 Å². The number of aliphatic imine (C=N–C) groups is 2. The van der Waals surface area contributed by atoms with E-state index < -0.39 is 12.1 Å². The smallest absolute Gasteiger partial charge is 0.407 e. The Balaban J connectivity index is -0.000000869. The number of aryl methyl sites for hydroxylation is 1. The first kappa shape index (κ1) is 42.6. The maximum Gasteiger partial charge on any atom is 0.407 e. The zero-order valence-electron chi connectivity index (χ0n) is 23.4. The highest BCUT2D eigenvalue weighted by Crippen LogP contribution is 2.17. The molecule has 44 heavy (non-hydrogen) atoms. The Hall–Kier alpha value is -5.82. The second kappa shape index (κ2) is 24.9. The SMILES string of the molecule is C.C.C=C(C)C(=O)OCCCOC(=O)NCc1cc(C(N)=C=O)cc(C(N)=C=O)c1.CN=C=O.Cc1ccccc1N=C=O. The molecule has 0 aliphatic carbocycles. The molecule has 0 aromatic heterocycles. The number of amides is 1. The van der Waals surface area contributed by atoms with Crippen LogP contribution in [-0.2, 0) is 40.0 Å². The topological polar surface area (TPSA) is 210 Å². The van der Waals surface area contributed by atoms with Crippen LogP contribution in [0.3, 0.4) is 0 Å². The molecule has 2 rings (SSSR count). The third kappa shape index (κ3) is 17.8. The van der Waals surface area contributed by atoms with Crippen molar-refractivity contribution in [1.82, 2.24) is 5.32 Å². The minimum Gasteiger partial charge on any atom is -0.462 e. The zero-order valence-corrected chi connectivity index (χ0v) is 23.4. The fourth-order valence-corrected chi connectivity index (χ4v) is 2.70. The standard InChI is InChI=1S/C19H21N3O6.C8H7NO.C2H3NO.2CH4/c1-12(2)18(25)27-4-3-5-28-19(26)22-9-13-6-14(16(20)10-23)8-15(7-13)17(21)11-24;1-7-4-2-3-5-8(7)9-6-10;1-3-2-4;;/h6-8H,1,3-5,9,20-21H2,2H3,(H,22,26);2-5H,1H3;1H3;2*1H4. The second-order valence-electron chi connectivity index (χ2n) is 8.01. The van der Waals surface area contributed by atoms with Gasteiger partial charge in [0.25, 0.3) is 0 Å². The lowest BCUT2D eigenvalue weighted by Crippen LogP contribution is -2.24. The highest BCUT2D eigenvalue weighted by Gasteiger charge is 2.09. The zero-order chi connectivity index (χ0) is 31.9. The van der Waals surface area contributed by atoms with Crippen LogP contribution in [0.4, 0.5) is 10.5 Å². The van der Waals surface area contributed by atoms with E-state index in [9.17, 15) is 24.0 Å². The van der Waals surface area contributed by atoms with Gasteiger partial charge in [-0.25, -0.2) is 33.8 Å². The van der Waals surface area contributed by atoms with E-state index in [0.717, 1.165) is 5.56 Å². The number of nitrogens with one attached hydrogen (secondary N) is 1. The lowest BCUT2D eigenvalue weighted by atomic mass is 10.0. The number of nitrogens with two attached hydrogens (primary N) is 2. The molecule has 1 amide bonds. The molecule has 0 aliphatic rings. The number of nitrogens with zero attached hydrogens (tertiary/aromatic N) is 2. The molecule has 0 unspecified atom stereocenters. The van der Waals surface area contributed by atoms with Crippen LogP contribution in [0.1, 0.15) is 50.5 Å². The summed E-state index contributed by atoms with van der Waals surface area (Å²) in [5.41, 5.74) is 13.9. The Morgan fingerprint density at radius 3 is 1.89 bits per heavy atom. The number of para-hydroxylation sites is 1. The summed E-state index contributed by atoms with van der Waals surface area (Å²) < 4.78 is 9.82. The number of esters is 1. The summed E-state index contributed by atoms with van der Waals surface area (Å²) in [6.07, 6.45) is 2.43. The van der Waals surface area contributed by atoms with E-state index in [2.05, 4.69) is 21.9 Å². The van der Waals surface area contributed by atoms with Crippen molar-refractivity contribution in [3.05, 3.63) is 76.9 Å². The van der Waals surface area contributed by atoms with Crippen LogP contribution in [0, 0.1) is 6.92 Å². The maximum atomic E-state index is 11.7. The van der Waals surface area contributed by atoms with Crippen molar-refractivity contribution in [3.8, 4) is 0 Å². The second-order valence-corrected chi connectivity index (χ2v) is 8.01. The van der Waals surface area contributed by atoms with Gasteiger partial charge in [0.2, 0.25) is 12.2 Å². The number of benzene rings is 2. The van der Waals surface area contributed by atoms with Gasteiger partial charge in [0, 0.05) is 36.7 Å². The van der Waals surface area contributed by atoms with Crippen molar-refractivity contribution in [2.24, 2.45) is 21.5 Å². The Bertz CT molecular complexity index is 1400. The molecule has 0 bridgehead atoms. The van der Waals surface area contributed by atoms with Gasteiger partial charge in [-0.2, -0.15) is 4.99 Å². The highest BCUT2D eigenvalue weighted by atomic mass is 16.6. The molecule has 13 heteroatoms. The first-order valence-electron chi connectivity index (χ1n) is 12.0. The van der Waals surface area contributed by atoms with Crippen LogP contribution < -0.4 is 16.8 Å². The van der Waals surface area contributed by atoms with Crippen LogP contribution in [0.25, 0.3) is 11.4 Å². The monoisotopic (exact) mass is 609 g/mol. The first-order valence-corrected chi connectivity index (χ1v) is 12.0. The van der Waals surface area contributed by atoms with Crippen molar-refractivity contribution in [1.29, 1.82) is 0 Å². The molecule has 0 saturated carbocycles. The Kier molecular flexibility index (Phi) is 24.2. The van der Waals surface area contributed by atoms with Crippen molar-refractivity contribution >= 4 is 53.2 Å². The summed E-state index contributed by atoms with van der Waals surface area (Å²) in [4.78, 5) is 69.6. The predicted molar refractivity (Wildman–Crippen MR) is 168 cm³/mol. The summed E-state index contributed by atoms with van der Waals surface area (Å²) in [6, 6.07) is 11.9. The van der Waals surface area contributed by atoms with Crippen molar-refractivity contribution in [3.63, 3.8) is 0 Å². The van der Waals surface area contributed by atoms with E-state index in [4.69, 9.17) is 25.7 Å². The van der Waals surface area contributed by atoms with E-state index in [1.54, 1.807) is 30.1 Å². The lowest BCUT2D eigenvalue weighted by Gasteiger charge is -2.10. The minimum atomic E-state index is -0.698. The minimum absolute atomic E-state index is 0. The van der Waals surface area contributed by atoms with Crippen molar-refractivity contribution in [2.45, 2.75) is 41.7 Å². The van der Waals surface area contributed by atoms with Crippen LogP contribution in [0.15, 0.2) is 64.6 Å². The molecular formula is C31H39N5O8. The molecule has 0 aliphatic heterocycles. The van der Waals surface area contributed by atoms with Gasteiger partial charge in [0.1, 0.15) is 11.4 Å². The lowest BCUT2D eigenvalue weighted by molar-refractivity contribution is -0.139. The Morgan fingerprint density at radius 1 is 0.909 bits per heavy atom. The molecule has 0 atom stereocenters. The maximum absolute atomic E-state index is 11.7. The van der Waals surface area contributed by atoms with Crippen LogP contribution in [-0.4, -0.2) is 56.4 Å². The first-order chi connectivity index (χ1) is 20.0. The largest absolute Gasteiger partial charge is 0.462 e. The fourth-order valence-electron chi connectivity index (χ4n) is 2.70. The van der Waals surface area contributed by atoms with Crippen molar-refractivity contribution < 1.29 is 38.2 Å². The van der Waals surface area contributed by atoms with E-state index >= 15 is 0 Å². The molecule has 0 saturated heterocycles. The number of rotatable bonds is 10. The molecule has 236 valence electrons. The van der Waals surface area contributed by atoms with E-state index in [-0.39, 0.29) is 51.6 Å². The molecule has 5 N–H and O–H groups in total. The molecule has 0 heterocycles. The molecule has 2 aromatic rings. The number of carbonyl (C=O) groups is 2. The fraction of sp³-hybridized carbons (Fsp3) is 0.290. The summed E-state index contributed by atoms with van der Waals surface area (Å²) in [7, 11) is 1.38. The Morgan fingerprint density at radius 2 is 1.43 bits per heavy atom. The van der Waals surface area contributed by atoms with Gasteiger partial charge >= 0.3 is 12.1 Å². The van der Waals surface area contributed by atoms with Gasteiger partial charge < -0.3 is 26.3 Å². The van der Waals surface area contributed by atoms with Gasteiger partial charge in [-0.15, -0.1) is 0 Å². The normalized spacial score (nSPS) is 8.34. The number of ether oxygens (including phenoxy) is 2. The summed E-state index contributed by atoms with van der Waals surface area (Å²) >= 11 is 0. The number of alkyl carbamates (subject to hydrolysis) is 1. The average Bonchev–Trinajstić information content (AvgIpc) is 3.00. The quantitative estimate of drug-likeness (QED) is 0.0884. The summed E-state index contributed by atoms with van der Waals surface area (Å²) in [5.74, 6) is 2.60. The third-order valence-corrected chi connectivity index (χ3v) is 4.75. The molecule has 0 spiro atoms. The van der Waals surface area contributed by atoms with Crippen LogP contribution >= 0.6 is 0 Å². The van der Waals surface area contributed by atoms with Crippen molar-refractivity contribution in [2.75, 3.05) is 20.3 Å². The van der Waals surface area contributed by atoms with Gasteiger partial charge in [0.05, 0.1) is 18.9 Å². The van der Waals surface area contributed by atoms with Gasteiger partial charge in [0.15, 0.2) is 11.9 Å². The average molecular weight is 610 g/mol. The van der Waals surface area contributed by atoms with Crippen LogP contribution in [0.2, 0.25) is 0 Å².